The Kier molecular flexibility index (Phi) is 4.28. The van der Waals surface area contributed by atoms with Crippen LogP contribution in [0.3, 0.4) is 0 Å². The van der Waals surface area contributed by atoms with E-state index in [9.17, 15) is 23.6 Å². The van der Waals surface area contributed by atoms with Crippen molar-refractivity contribution in [2.24, 2.45) is 5.41 Å². The molecule has 5 nitrogen and oxygen atoms in total. The number of carbonyl (C=O) groups is 1. The molecule has 0 radical (unpaired) electrons. The van der Waals surface area contributed by atoms with Crippen molar-refractivity contribution in [2.75, 3.05) is 0 Å². The molecule has 2 aromatic rings. The quantitative estimate of drug-likeness (QED) is 0.853. The summed E-state index contributed by atoms with van der Waals surface area (Å²) < 4.78 is 25.9. The first kappa shape index (κ1) is 17.7. The van der Waals surface area contributed by atoms with Crippen LogP contribution in [0.2, 0.25) is 10.0 Å². The Labute approximate surface area is 154 Å². The zero-order chi connectivity index (χ0) is 18.4. The number of rotatable bonds is 4. The number of carboxylic acids is 1. The molecule has 0 spiro atoms. The van der Waals surface area contributed by atoms with E-state index in [0.29, 0.717) is 15.6 Å². The lowest BCUT2D eigenvalue weighted by molar-refractivity contribution is -0.141. The van der Waals surface area contributed by atoms with Gasteiger partial charge in [-0.15, -0.1) is 0 Å². The lowest BCUT2D eigenvalue weighted by Gasteiger charge is -2.05. The summed E-state index contributed by atoms with van der Waals surface area (Å²) in [6.45, 7) is 0. The first-order valence-corrected chi connectivity index (χ1v) is 9.45. The molecule has 1 aliphatic carbocycles. The third-order valence-corrected chi connectivity index (χ3v) is 7.12. The van der Waals surface area contributed by atoms with Crippen molar-refractivity contribution in [1.82, 2.24) is 0 Å². The molecule has 0 bridgehead atoms. The summed E-state index contributed by atoms with van der Waals surface area (Å²) in [7, 11) is -4.05. The van der Waals surface area contributed by atoms with Gasteiger partial charge in [0.15, 0.2) is 15.3 Å². The lowest BCUT2D eigenvalue weighted by atomic mass is 10.0. The molecule has 8 heteroatoms. The molecule has 0 amide bonds. The van der Waals surface area contributed by atoms with Crippen LogP contribution in [-0.2, 0) is 14.6 Å². The minimum absolute atomic E-state index is 0.0701. The topological polar surface area (TPSA) is 95.2 Å². The molecule has 0 saturated heterocycles. The SMILES string of the molecule is N#C[C@@]1(C(=O)O)[C@@H](c2ccc(Cl)cc2)[C@@H]1S(=O)(=O)c1ccc(Cl)cc1. The number of nitrogens with zero attached hydrogens (tertiary/aromatic N) is 1. The second kappa shape index (κ2) is 6.03. The normalized spacial score (nSPS) is 25.2. The van der Waals surface area contributed by atoms with Crippen molar-refractivity contribution in [2.45, 2.75) is 16.1 Å². The van der Waals surface area contributed by atoms with Gasteiger partial charge in [-0.05, 0) is 42.0 Å². The van der Waals surface area contributed by atoms with Crippen LogP contribution in [0, 0.1) is 16.7 Å². The summed E-state index contributed by atoms with van der Waals surface area (Å²) in [5.41, 5.74) is -1.59. The van der Waals surface area contributed by atoms with Crippen LogP contribution < -0.4 is 0 Å². The zero-order valence-corrected chi connectivity index (χ0v) is 14.9. The molecule has 0 heterocycles. The zero-order valence-electron chi connectivity index (χ0n) is 12.6. The second-order valence-electron chi connectivity index (χ2n) is 5.73. The van der Waals surface area contributed by atoms with Crippen LogP contribution in [0.5, 0.6) is 0 Å². The monoisotopic (exact) mass is 395 g/mol. The number of nitriles is 1. The van der Waals surface area contributed by atoms with E-state index in [1.54, 1.807) is 18.2 Å². The van der Waals surface area contributed by atoms with Crippen molar-refractivity contribution < 1.29 is 18.3 Å². The highest BCUT2D eigenvalue weighted by Gasteiger charge is 2.77. The predicted octanol–water partition coefficient (Wildman–Crippen LogP) is 3.53. The average Bonchev–Trinajstić information content (AvgIpc) is 3.27. The van der Waals surface area contributed by atoms with Crippen molar-refractivity contribution in [1.29, 1.82) is 5.26 Å². The van der Waals surface area contributed by atoms with E-state index in [1.807, 2.05) is 0 Å². The minimum atomic E-state index is -4.05. The molecule has 1 saturated carbocycles. The summed E-state index contributed by atoms with van der Waals surface area (Å²) in [4.78, 5) is 11.7. The van der Waals surface area contributed by atoms with Gasteiger partial charge in [-0.3, -0.25) is 4.79 Å². The molecule has 3 atom stereocenters. The number of hydrogen-bond acceptors (Lipinski definition) is 4. The van der Waals surface area contributed by atoms with Crippen LogP contribution in [0.25, 0.3) is 0 Å². The summed E-state index contributed by atoms with van der Waals surface area (Å²) in [5, 5.41) is 18.5. The molecule has 1 fully saturated rings. The second-order valence-corrected chi connectivity index (χ2v) is 8.68. The van der Waals surface area contributed by atoms with Gasteiger partial charge in [0, 0.05) is 16.0 Å². The maximum atomic E-state index is 13.0. The highest BCUT2D eigenvalue weighted by atomic mass is 35.5. The molecular formula is C17H11Cl2NO4S. The Morgan fingerprint density at radius 3 is 1.96 bits per heavy atom. The molecule has 3 rings (SSSR count). The predicted molar refractivity (Wildman–Crippen MR) is 92.3 cm³/mol. The van der Waals surface area contributed by atoms with Crippen molar-refractivity contribution in [3.8, 4) is 6.07 Å². The van der Waals surface area contributed by atoms with E-state index >= 15 is 0 Å². The standard InChI is InChI=1S/C17H11Cl2NO4S/c18-11-3-1-10(2-4-11)14-15(17(14,9-20)16(21)22)25(23,24)13-7-5-12(19)6-8-13/h1-8,14-15H,(H,21,22)/t14-,15-,17+/m0/s1. The van der Waals surface area contributed by atoms with Crippen LogP contribution in [0.15, 0.2) is 53.4 Å². The minimum Gasteiger partial charge on any atom is -0.480 e. The Morgan fingerprint density at radius 2 is 1.52 bits per heavy atom. The summed E-state index contributed by atoms with van der Waals surface area (Å²) in [6, 6.07) is 13.3. The van der Waals surface area contributed by atoms with Gasteiger partial charge < -0.3 is 5.11 Å². The van der Waals surface area contributed by atoms with Gasteiger partial charge in [0.05, 0.1) is 11.0 Å². The summed E-state index contributed by atoms with van der Waals surface area (Å²) in [6.07, 6.45) is 0. The van der Waals surface area contributed by atoms with Crippen molar-refractivity contribution >= 4 is 39.0 Å². The van der Waals surface area contributed by atoms with Crippen molar-refractivity contribution in [3.63, 3.8) is 0 Å². The third-order valence-electron chi connectivity index (χ3n) is 4.38. The van der Waals surface area contributed by atoms with Crippen LogP contribution >= 0.6 is 23.2 Å². The average molecular weight is 396 g/mol. The molecule has 0 unspecified atom stereocenters. The molecule has 0 aliphatic heterocycles. The van der Waals surface area contributed by atoms with Crippen LogP contribution in [0.4, 0.5) is 0 Å². The van der Waals surface area contributed by atoms with E-state index in [0.717, 1.165) is 0 Å². The van der Waals surface area contributed by atoms with E-state index in [1.165, 1.54) is 36.4 Å². The van der Waals surface area contributed by atoms with Gasteiger partial charge in [0.25, 0.3) is 0 Å². The van der Waals surface area contributed by atoms with E-state index < -0.39 is 32.4 Å². The number of hydrogen-bond donors (Lipinski definition) is 1. The maximum absolute atomic E-state index is 13.0. The molecule has 0 aromatic heterocycles. The van der Waals surface area contributed by atoms with Gasteiger partial charge in [0.2, 0.25) is 0 Å². The number of sulfone groups is 1. The maximum Gasteiger partial charge on any atom is 0.326 e. The van der Waals surface area contributed by atoms with Crippen LogP contribution in [0.1, 0.15) is 11.5 Å². The number of benzene rings is 2. The highest BCUT2D eigenvalue weighted by molar-refractivity contribution is 7.92. The Morgan fingerprint density at radius 1 is 1.04 bits per heavy atom. The molecule has 25 heavy (non-hydrogen) atoms. The van der Waals surface area contributed by atoms with Gasteiger partial charge in [-0.2, -0.15) is 5.26 Å². The molecule has 1 N–H and O–H groups in total. The summed E-state index contributed by atoms with van der Waals surface area (Å²) >= 11 is 11.6. The smallest absolute Gasteiger partial charge is 0.326 e. The number of halogens is 2. The number of aliphatic carboxylic acids is 1. The molecular weight excluding hydrogens is 385 g/mol. The first-order chi connectivity index (χ1) is 11.7. The Bertz CT molecular complexity index is 981. The fraction of sp³-hybridized carbons (Fsp3) is 0.176. The molecule has 2 aromatic carbocycles. The fourth-order valence-electron chi connectivity index (χ4n) is 3.09. The van der Waals surface area contributed by atoms with Gasteiger partial charge in [-0.1, -0.05) is 35.3 Å². The lowest BCUT2D eigenvalue weighted by Crippen LogP contribution is -2.22. The molecule has 128 valence electrons. The van der Waals surface area contributed by atoms with Gasteiger partial charge >= 0.3 is 5.97 Å². The Balaban J connectivity index is 2.12. The summed E-state index contributed by atoms with van der Waals surface area (Å²) in [5.74, 6) is -2.44. The van der Waals surface area contributed by atoms with E-state index in [-0.39, 0.29) is 4.90 Å². The number of carboxylic acid groups (broad SMARTS) is 1. The van der Waals surface area contributed by atoms with Gasteiger partial charge in [0.1, 0.15) is 5.25 Å². The van der Waals surface area contributed by atoms with Crippen molar-refractivity contribution in [3.05, 3.63) is 64.1 Å². The fourth-order valence-corrected chi connectivity index (χ4v) is 5.60. The Hall–Kier alpha value is -2.07. The highest BCUT2D eigenvalue weighted by Crippen LogP contribution is 2.64. The largest absolute Gasteiger partial charge is 0.480 e. The first-order valence-electron chi connectivity index (χ1n) is 7.14. The van der Waals surface area contributed by atoms with E-state index in [4.69, 9.17) is 23.2 Å². The van der Waals surface area contributed by atoms with Gasteiger partial charge in [-0.25, -0.2) is 8.42 Å². The third kappa shape index (κ3) is 2.69. The molecule has 1 aliphatic rings. The van der Waals surface area contributed by atoms with Crippen LogP contribution in [-0.4, -0.2) is 24.7 Å². The van der Waals surface area contributed by atoms with E-state index in [2.05, 4.69) is 0 Å².